The number of aliphatic hydroxyl groups excluding tert-OH is 6. The van der Waals surface area contributed by atoms with Crippen molar-refractivity contribution < 1.29 is 127 Å². The zero-order chi connectivity index (χ0) is 86.3. The normalized spacial score (nSPS) is 30.7. The third kappa shape index (κ3) is 19.3. The molecular weight excluding hydrogens is 1620 g/mol. The molecule has 119 heavy (non-hydrogen) atoms. The van der Waals surface area contributed by atoms with E-state index in [-0.39, 0.29) is 59.2 Å². The number of likely N-dealkylation sites (N-methyl/N-ethyl adjacent to an activating group) is 1. The number of amides is 7. The Morgan fingerprint density at radius 1 is 0.655 bits per heavy atom. The maximum atomic E-state index is 16.5. The van der Waals surface area contributed by atoms with Gasteiger partial charge in [0.25, 0.3) is 0 Å². The number of fused-ring (bicyclic) bond motifs is 15. The molecule has 22 atom stereocenters. The predicted molar refractivity (Wildman–Crippen MR) is 420 cm³/mol. The molecule has 14 rings (SSSR count). The van der Waals surface area contributed by atoms with Crippen molar-refractivity contribution in [2.24, 2.45) is 17.4 Å². The number of aromatic hydroxyl groups is 3. The van der Waals surface area contributed by atoms with E-state index < -0.39 is 261 Å². The van der Waals surface area contributed by atoms with Crippen LogP contribution in [0, 0.1) is 5.92 Å². The number of halogens is 3. The molecule has 39 heteroatoms. The molecule has 36 nitrogen and oxygen atoms in total. The van der Waals surface area contributed by atoms with Crippen LogP contribution < -0.4 is 68.2 Å². The third-order valence-corrected chi connectivity index (χ3v) is 22.6. The van der Waals surface area contributed by atoms with E-state index in [0.29, 0.717) is 5.02 Å². The molecule has 640 valence electrons. The van der Waals surface area contributed by atoms with Crippen molar-refractivity contribution in [2.45, 2.75) is 207 Å². The van der Waals surface area contributed by atoms with Gasteiger partial charge in [0, 0.05) is 58.2 Å². The number of aliphatic carboxylic acids is 1. The van der Waals surface area contributed by atoms with E-state index in [1.165, 1.54) is 51.2 Å². The van der Waals surface area contributed by atoms with E-state index in [1.807, 2.05) is 13.8 Å². The van der Waals surface area contributed by atoms with Crippen LogP contribution >= 0.6 is 34.8 Å². The first-order valence-corrected chi connectivity index (χ1v) is 39.1. The standard InChI is InChI=1S/C80H93Cl3N10O26/c1-31(2)18-45(86-7)71(104)92-61-63(99)36-11-16-49(43(82)20-36)114-51-22-38-23-52(67(51)119-78-68(65(101)64(100)53(30-94)116-78)118-56-28-80(6,70(103)33(4)113-56)87-29-34-8-13-39(81)14-9-34)115-50-17-12-37(21-44(50)83)66(117-55-27-79(5,85)69(102)32(3)112-55)62-76(109)91-60(77(110)111)42-24-40(95)25-48(97)57(42)41-19-35(10-15-47(41)96)58(73(106)93-62)90-74(107)59(38)89-72(105)46(26-54(84)98)88-75(61)108/h8-17,19-25,31-33,45-46,53,55-56,58-66,68-70,78,86-87,94-97,99-103H,18,26-30,85H2,1-7H3,(H2,84,98)(H,88,108)(H,89,105)(H,90,107)(H,91,109)(H,92,104)(H,93,106)(H,110,111)/t32-,33-,45+,46-,53+,55-,56-,58+,59+,60+,61+,62-,63+,64+,65-,66+,68+,69+,70+,78-,79-,80-/m0/s1. The minimum Gasteiger partial charge on any atom is -0.508 e. The van der Waals surface area contributed by atoms with Crippen molar-refractivity contribution in [1.29, 1.82) is 0 Å². The van der Waals surface area contributed by atoms with Crippen molar-refractivity contribution in [3.63, 3.8) is 0 Å². The number of phenolic OH excluding ortho intramolecular Hbond substituents is 3. The summed E-state index contributed by atoms with van der Waals surface area (Å²) in [4.78, 5) is 120. The summed E-state index contributed by atoms with van der Waals surface area (Å²) in [5.74, 6) is -16.1. The van der Waals surface area contributed by atoms with Gasteiger partial charge in [-0.05, 0) is 142 Å². The van der Waals surface area contributed by atoms with Crippen LogP contribution in [-0.4, -0.2) is 215 Å². The highest BCUT2D eigenvalue weighted by Crippen LogP contribution is 2.51. The van der Waals surface area contributed by atoms with Gasteiger partial charge >= 0.3 is 5.97 Å². The largest absolute Gasteiger partial charge is 0.508 e. The highest BCUT2D eigenvalue weighted by Gasteiger charge is 2.53. The lowest BCUT2D eigenvalue weighted by atomic mass is 9.84. The van der Waals surface area contributed by atoms with Gasteiger partial charge in [-0.1, -0.05) is 79.0 Å². The second kappa shape index (κ2) is 36.2. The number of carbonyl (C=O) groups excluding carboxylic acids is 7. The lowest BCUT2D eigenvalue weighted by Crippen LogP contribution is -2.65. The van der Waals surface area contributed by atoms with Gasteiger partial charge in [0.2, 0.25) is 53.4 Å². The molecular formula is C80H93Cl3N10O26. The molecule has 6 aromatic carbocycles. The summed E-state index contributed by atoms with van der Waals surface area (Å²) in [7, 11) is 1.47. The van der Waals surface area contributed by atoms with Crippen LogP contribution in [0.2, 0.25) is 15.1 Å². The summed E-state index contributed by atoms with van der Waals surface area (Å²) in [6.45, 7) is 9.02. The molecule has 0 aliphatic carbocycles. The van der Waals surface area contributed by atoms with Crippen molar-refractivity contribution in [3.05, 3.63) is 152 Å². The van der Waals surface area contributed by atoms with Crippen LogP contribution in [0.1, 0.15) is 131 Å². The second-order valence-corrected chi connectivity index (χ2v) is 32.4. The molecule has 0 unspecified atom stereocenters. The Kier molecular flexibility index (Phi) is 26.9. The first-order chi connectivity index (χ1) is 56.2. The lowest BCUT2D eigenvalue weighted by Gasteiger charge is -2.48. The lowest BCUT2D eigenvalue weighted by molar-refractivity contribution is -0.334. The highest BCUT2D eigenvalue weighted by molar-refractivity contribution is 6.32. The highest BCUT2D eigenvalue weighted by atomic mass is 35.5. The number of nitrogens with two attached hydrogens (primary N) is 2. The fourth-order valence-corrected chi connectivity index (χ4v) is 15.9. The van der Waals surface area contributed by atoms with Crippen LogP contribution in [0.15, 0.2) is 103 Å². The molecule has 11 bridgehead atoms. The Labute approximate surface area is 695 Å². The number of carbonyl (C=O) groups is 8. The topological polar surface area (TPSA) is 561 Å². The third-order valence-electron chi connectivity index (χ3n) is 21.7. The number of rotatable bonds is 18. The molecule has 3 saturated heterocycles. The summed E-state index contributed by atoms with van der Waals surface area (Å²) in [6, 6.07) is 6.47. The van der Waals surface area contributed by atoms with Crippen molar-refractivity contribution >= 4 is 82.1 Å². The van der Waals surface area contributed by atoms with Crippen LogP contribution in [0.5, 0.6) is 46.0 Å². The van der Waals surface area contributed by atoms with Crippen LogP contribution in [0.4, 0.5) is 0 Å². The molecule has 0 saturated carbocycles. The monoisotopic (exact) mass is 1710 g/mol. The van der Waals surface area contributed by atoms with E-state index in [1.54, 1.807) is 38.1 Å². The number of carboxylic acids is 1. The van der Waals surface area contributed by atoms with Crippen molar-refractivity contribution in [2.75, 3.05) is 13.7 Å². The van der Waals surface area contributed by atoms with Crippen LogP contribution in [-0.2, 0) is 68.6 Å². The van der Waals surface area contributed by atoms with Gasteiger partial charge in [0.05, 0.1) is 53.5 Å². The summed E-state index contributed by atoms with van der Waals surface area (Å²) >= 11 is 20.8. The number of primary amides is 1. The number of carboxylic acid groups (broad SMARTS) is 1. The summed E-state index contributed by atoms with van der Waals surface area (Å²) in [5, 5.41) is 137. The first-order valence-electron chi connectivity index (χ1n) is 38.0. The average Bonchev–Trinajstić information content (AvgIpc) is 0.763. The van der Waals surface area contributed by atoms with E-state index in [2.05, 4.69) is 42.5 Å². The Morgan fingerprint density at radius 3 is 1.87 bits per heavy atom. The Balaban J connectivity index is 1.10. The zero-order valence-electron chi connectivity index (χ0n) is 65.0. The van der Waals surface area contributed by atoms with Gasteiger partial charge in [0.15, 0.2) is 36.2 Å². The van der Waals surface area contributed by atoms with E-state index in [9.17, 15) is 65.4 Å². The molecule has 8 aliphatic rings. The molecule has 0 radical (unpaired) electrons. The maximum Gasteiger partial charge on any atom is 0.330 e. The van der Waals surface area contributed by atoms with E-state index >= 15 is 24.0 Å². The number of aliphatic hydroxyl groups is 6. The van der Waals surface area contributed by atoms with Crippen molar-refractivity contribution in [1.82, 2.24) is 42.5 Å². The van der Waals surface area contributed by atoms with E-state index in [4.69, 9.17) is 84.2 Å². The molecule has 3 fully saturated rings. The summed E-state index contributed by atoms with van der Waals surface area (Å²) in [5.41, 5.74) is 7.74. The van der Waals surface area contributed by atoms with Gasteiger partial charge in [-0.2, -0.15) is 0 Å². The molecule has 8 heterocycles. The Bertz CT molecular complexity index is 4860. The summed E-state index contributed by atoms with van der Waals surface area (Å²) < 4.78 is 52.6. The quantitative estimate of drug-likeness (QED) is 0.0588. The average molecular weight is 1720 g/mol. The number of ether oxygens (including phenoxy) is 8. The fourth-order valence-electron chi connectivity index (χ4n) is 15.3. The fraction of sp³-hybridized carbons (Fsp3) is 0.450. The van der Waals surface area contributed by atoms with Gasteiger partial charge in [-0.15, -0.1) is 0 Å². The van der Waals surface area contributed by atoms with Crippen LogP contribution in [0.3, 0.4) is 0 Å². The SMILES string of the molecule is CN[C@H](CC(C)C)C(=O)N[C@H]1C(=O)N[C@@H](CC(N)=O)C(=O)N[C@H]2C(=O)N[C@H]3C(=O)N[C@H](C(=O)N[C@@H](C(=O)O)c4cc(O)cc(O)c4-c4cc3ccc4O)[C@H](O[C@H]3C[C@](C)(N)[C@H](O)[C@H](C)O3)c3ccc(c(Cl)c3)Oc3cc2cc(c3O[C@@H]2O[C@H](CO)[C@@H](O)[C@H](O)[C@H]2O[C@H]2C[C@](C)(NCc3ccc(Cl)cc3)[C@H](O)[C@H](C)O2)Oc2ccc(cc2Cl)[C@H]1O. The number of benzene rings is 6. The molecule has 7 amide bonds. The second-order valence-electron chi connectivity index (χ2n) is 31.1. The molecule has 0 spiro atoms. The van der Waals surface area contributed by atoms with Crippen LogP contribution in [0.25, 0.3) is 11.1 Å². The van der Waals surface area contributed by atoms with E-state index in [0.717, 1.165) is 54.1 Å². The first kappa shape index (κ1) is 88.5. The number of hydrogen-bond donors (Lipinski definition) is 20. The maximum absolute atomic E-state index is 16.5. The molecule has 0 aromatic heterocycles. The molecule has 6 aromatic rings. The van der Waals surface area contributed by atoms with Crippen molar-refractivity contribution in [3.8, 4) is 57.1 Å². The minimum absolute atomic E-state index is 0.116. The summed E-state index contributed by atoms with van der Waals surface area (Å²) in [6.07, 6.45) is -22.8. The predicted octanol–water partition coefficient (Wildman–Crippen LogP) is 2.83. The Morgan fingerprint density at radius 2 is 1.26 bits per heavy atom. The number of phenols is 3. The van der Waals surface area contributed by atoms with Gasteiger partial charge in [0.1, 0.15) is 89.5 Å². The van der Waals surface area contributed by atoms with Gasteiger partial charge < -0.3 is 143 Å². The zero-order valence-corrected chi connectivity index (χ0v) is 67.2. The molecule has 8 aliphatic heterocycles. The Hall–Kier alpha value is -9.81. The smallest absolute Gasteiger partial charge is 0.330 e. The van der Waals surface area contributed by atoms with Gasteiger partial charge in [-0.25, -0.2) is 4.79 Å². The van der Waals surface area contributed by atoms with Gasteiger partial charge in [-0.3, -0.25) is 33.6 Å². The minimum atomic E-state index is -2.39. The number of nitrogens with one attached hydrogen (secondary N) is 8. The number of hydrogen-bond acceptors (Lipinski definition) is 28. The molecule has 22 N–H and O–H groups in total.